The molecule has 82 valence electrons. The van der Waals surface area contributed by atoms with Crippen LogP contribution in [0, 0.1) is 0 Å². The van der Waals surface area contributed by atoms with E-state index in [0.29, 0.717) is 12.0 Å². The first kappa shape index (κ1) is 9.86. The molecule has 2 aromatic carbocycles. The molecular weight excluding hydrogens is 194 g/mol. The van der Waals surface area contributed by atoms with Crippen molar-refractivity contribution in [3.05, 3.63) is 47.5 Å². The van der Waals surface area contributed by atoms with Crippen LogP contribution >= 0.6 is 0 Å². The first-order valence-electron chi connectivity index (χ1n) is 6.00. The second kappa shape index (κ2) is 3.60. The molecule has 1 heteroatoms. The lowest BCUT2D eigenvalue weighted by atomic mass is 9.96. The zero-order valence-electron chi connectivity index (χ0n) is 9.83. The summed E-state index contributed by atoms with van der Waals surface area (Å²) in [5, 5.41) is 6.22. The average molecular weight is 211 g/mol. The molecule has 0 bridgehead atoms. The van der Waals surface area contributed by atoms with Crippen LogP contribution in [0.2, 0.25) is 0 Å². The maximum absolute atomic E-state index is 3.42. The van der Waals surface area contributed by atoms with Crippen molar-refractivity contribution in [3.8, 4) is 0 Å². The van der Waals surface area contributed by atoms with Crippen molar-refractivity contribution in [1.29, 1.82) is 0 Å². The third-order valence-corrected chi connectivity index (χ3v) is 3.81. The molecule has 1 N–H and O–H groups in total. The Morgan fingerprint density at radius 1 is 1.12 bits per heavy atom. The van der Waals surface area contributed by atoms with Crippen LogP contribution in [0.1, 0.15) is 36.4 Å². The third kappa shape index (κ3) is 1.28. The molecule has 3 rings (SSSR count). The molecule has 0 fully saturated rings. The molecule has 0 amide bonds. The van der Waals surface area contributed by atoms with Crippen LogP contribution in [0.15, 0.2) is 36.4 Å². The molecule has 0 aliphatic heterocycles. The van der Waals surface area contributed by atoms with Crippen LogP contribution in [0.25, 0.3) is 10.8 Å². The van der Waals surface area contributed by atoms with Crippen LogP contribution in [-0.4, -0.2) is 7.05 Å². The van der Waals surface area contributed by atoms with Gasteiger partial charge in [0.25, 0.3) is 0 Å². The molecule has 1 nitrogen and oxygen atoms in total. The Kier molecular flexibility index (Phi) is 2.22. The van der Waals surface area contributed by atoms with Gasteiger partial charge in [-0.3, -0.25) is 0 Å². The number of fused-ring (bicyclic) bond motifs is 3. The number of benzene rings is 2. The zero-order chi connectivity index (χ0) is 11.1. The van der Waals surface area contributed by atoms with Crippen molar-refractivity contribution < 1.29 is 0 Å². The minimum Gasteiger partial charge on any atom is -0.313 e. The van der Waals surface area contributed by atoms with Gasteiger partial charge in [-0.1, -0.05) is 43.3 Å². The van der Waals surface area contributed by atoms with Gasteiger partial charge in [-0.2, -0.15) is 0 Å². The van der Waals surface area contributed by atoms with Crippen molar-refractivity contribution in [1.82, 2.24) is 5.32 Å². The standard InChI is InChI=1S/C15H17N/c1-10-9-14(16-2)13-8-7-11-5-3-4-6-12(11)15(10)13/h3-8,10,14,16H,9H2,1-2H3. The van der Waals surface area contributed by atoms with Gasteiger partial charge >= 0.3 is 0 Å². The van der Waals surface area contributed by atoms with E-state index in [0.717, 1.165) is 0 Å². The van der Waals surface area contributed by atoms with E-state index >= 15 is 0 Å². The highest BCUT2D eigenvalue weighted by atomic mass is 14.9. The Bertz CT molecular complexity index is 530. The second-order valence-corrected chi connectivity index (χ2v) is 4.77. The smallest absolute Gasteiger partial charge is 0.0326 e. The normalized spacial score (nSPS) is 23.6. The van der Waals surface area contributed by atoms with E-state index in [1.54, 1.807) is 5.56 Å². The fraction of sp³-hybridized carbons (Fsp3) is 0.333. The Labute approximate surface area is 96.5 Å². The first-order valence-corrected chi connectivity index (χ1v) is 6.00. The van der Waals surface area contributed by atoms with Gasteiger partial charge in [0.2, 0.25) is 0 Å². The van der Waals surface area contributed by atoms with Crippen molar-refractivity contribution in [2.75, 3.05) is 7.05 Å². The van der Waals surface area contributed by atoms with Crippen molar-refractivity contribution in [2.24, 2.45) is 0 Å². The molecule has 0 saturated heterocycles. The van der Waals surface area contributed by atoms with Gasteiger partial charge in [0.15, 0.2) is 0 Å². The zero-order valence-corrected chi connectivity index (χ0v) is 9.83. The summed E-state index contributed by atoms with van der Waals surface area (Å²) in [7, 11) is 2.06. The molecule has 2 unspecified atom stereocenters. The van der Waals surface area contributed by atoms with E-state index in [9.17, 15) is 0 Å². The number of hydrogen-bond donors (Lipinski definition) is 1. The van der Waals surface area contributed by atoms with Gasteiger partial charge in [0.05, 0.1) is 0 Å². The molecule has 0 radical (unpaired) electrons. The van der Waals surface area contributed by atoms with Gasteiger partial charge < -0.3 is 5.32 Å². The molecule has 2 aromatic rings. The van der Waals surface area contributed by atoms with E-state index in [2.05, 4.69) is 55.7 Å². The van der Waals surface area contributed by atoms with Crippen LogP contribution in [0.3, 0.4) is 0 Å². The largest absolute Gasteiger partial charge is 0.313 e. The van der Waals surface area contributed by atoms with Crippen molar-refractivity contribution >= 4 is 10.8 Å². The Hall–Kier alpha value is -1.34. The van der Waals surface area contributed by atoms with Gasteiger partial charge in [0.1, 0.15) is 0 Å². The third-order valence-electron chi connectivity index (χ3n) is 3.81. The molecule has 0 saturated carbocycles. The molecule has 0 heterocycles. The minimum absolute atomic E-state index is 0.537. The molecular formula is C15H17N. The summed E-state index contributed by atoms with van der Waals surface area (Å²) >= 11 is 0. The van der Waals surface area contributed by atoms with Crippen molar-refractivity contribution in [2.45, 2.75) is 25.3 Å². The Balaban J connectivity index is 2.31. The summed E-state index contributed by atoms with van der Waals surface area (Å²) in [4.78, 5) is 0. The Morgan fingerprint density at radius 3 is 2.75 bits per heavy atom. The fourth-order valence-electron chi connectivity index (χ4n) is 3.04. The lowest BCUT2D eigenvalue weighted by Crippen LogP contribution is -2.12. The SMILES string of the molecule is CNC1CC(C)c2c1ccc1ccccc21. The molecule has 1 aliphatic rings. The highest BCUT2D eigenvalue weighted by Crippen LogP contribution is 2.43. The van der Waals surface area contributed by atoms with Gasteiger partial charge in [-0.05, 0) is 41.3 Å². The molecule has 16 heavy (non-hydrogen) atoms. The van der Waals surface area contributed by atoms with E-state index in [1.165, 1.54) is 22.8 Å². The fourth-order valence-corrected chi connectivity index (χ4v) is 3.04. The summed E-state index contributed by atoms with van der Waals surface area (Å²) in [6, 6.07) is 13.8. The molecule has 0 aromatic heterocycles. The summed E-state index contributed by atoms with van der Waals surface area (Å²) in [6.45, 7) is 2.34. The number of hydrogen-bond acceptors (Lipinski definition) is 1. The van der Waals surface area contributed by atoms with Gasteiger partial charge in [0, 0.05) is 6.04 Å². The summed E-state index contributed by atoms with van der Waals surface area (Å²) < 4.78 is 0. The maximum Gasteiger partial charge on any atom is 0.0326 e. The Morgan fingerprint density at radius 2 is 1.94 bits per heavy atom. The summed E-state index contributed by atoms with van der Waals surface area (Å²) in [5.41, 5.74) is 3.05. The van der Waals surface area contributed by atoms with E-state index in [4.69, 9.17) is 0 Å². The highest BCUT2D eigenvalue weighted by Gasteiger charge is 2.28. The van der Waals surface area contributed by atoms with Crippen LogP contribution in [-0.2, 0) is 0 Å². The summed E-state index contributed by atoms with van der Waals surface area (Å²) in [5.74, 6) is 0.665. The molecule has 0 spiro atoms. The lowest BCUT2D eigenvalue weighted by Gasteiger charge is -2.11. The number of nitrogens with one attached hydrogen (secondary N) is 1. The quantitative estimate of drug-likeness (QED) is 0.760. The van der Waals surface area contributed by atoms with E-state index in [1.807, 2.05) is 0 Å². The minimum atomic E-state index is 0.537. The highest BCUT2D eigenvalue weighted by molar-refractivity contribution is 5.88. The van der Waals surface area contributed by atoms with Crippen LogP contribution in [0.5, 0.6) is 0 Å². The van der Waals surface area contributed by atoms with Crippen LogP contribution < -0.4 is 5.32 Å². The molecule has 2 atom stereocenters. The molecule has 1 aliphatic carbocycles. The maximum atomic E-state index is 3.42. The predicted octanol–water partition coefficient (Wildman–Crippen LogP) is 3.61. The number of rotatable bonds is 1. The van der Waals surface area contributed by atoms with Crippen LogP contribution in [0.4, 0.5) is 0 Å². The van der Waals surface area contributed by atoms with Gasteiger partial charge in [-0.25, -0.2) is 0 Å². The monoisotopic (exact) mass is 211 g/mol. The lowest BCUT2D eigenvalue weighted by molar-refractivity contribution is 0.553. The van der Waals surface area contributed by atoms with E-state index in [-0.39, 0.29) is 0 Å². The van der Waals surface area contributed by atoms with Crippen molar-refractivity contribution in [3.63, 3.8) is 0 Å². The topological polar surface area (TPSA) is 12.0 Å². The predicted molar refractivity (Wildman–Crippen MR) is 68.8 cm³/mol. The van der Waals surface area contributed by atoms with Gasteiger partial charge in [-0.15, -0.1) is 0 Å². The summed E-state index contributed by atoms with van der Waals surface area (Å²) in [6.07, 6.45) is 1.22. The average Bonchev–Trinajstić information content (AvgIpc) is 2.66. The first-order chi connectivity index (χ1) is 7.81. The second-order valence-electron chi connectivity index (χ2n) is 4.77. The van der Waals surface area contributed by atoms with E-state index < -0.39 is 0 Å².